The summed E-state index contributed by atoms with van der Waals surface area (Å²) < 4.78 is 1.04. The molecule has 0 aromatic rings. The third kappa shape index (κ3) is 16.5. The summed E-state index contributed by atoms with van der Waals surface area (Å²) in [7, 11) is 3.84. The Hall–Kier alpha value is -0.360. The lowest BCUT2D eigenvalue weighted by Gasteiger charge is -2.34. The highest BCUT2D eigenvalue weighted by atomic mass is 16.3. The maximum atomic E-state index is 9.12. The van der Waals surface area contributed by atoms with Crippen LogP contribution in [0.3, 0.4) is 0 Å². The Balaban J connectivity index is -0.000000156. The van der Waals surface area contributed by atoms with Gasteiger partial charge in [0, 0.05) is 0 Å². The van der Waals surface area contributed by atoms with Gasteiger partial charge in [-0.15, -0.1) is 0 Å². The van der Waals surface area contributed by atoms with Gasteiger partial charge in [0.2, 0.25) is 0 Å². The summed E-state index contributed by atoms with van der Waals surface area (Å²) in [6.07, 6.45) is -0.915. The first-order valence-corrected chi connectivity index (χ1v) is 7.94. The van der Waals surface area contributed by atoms with Crippen molar-refractivity contribution in [3.63, 3.8) is 0 Å². The van der Waals surface area contributed by atoms with Crippen LogP contribution in [0.4, 0.5) is 0 Å². The molecule has 0 fully saturated rings. The van der Waals surface area contributed by atoms with Crippen molar-refractivity contribution in [2.24, 2.45) is 0 Å². The Morgan fingerprint density at radius 1 is 0.750 bits per heavy atom. The van der Waals surface area contributed by atoms with E-state index in [0.717, 1.165) is 24.1 Å². The summed E-state index contributed by atoms with van der Waals surface area (Å²) in [5, 5.41) is 44.6. The first-order chi connectivity index (χ1) is 10.1. The largest absolute Gasteiger partial charge is 0.870 e. The van der Waals surface area contributed by atoms with E-state index in [1.807, 2.05) is 7.05 Å². The molecule has 0 aliphatic carbocycles. The van der Waals surface area contributed by atoms with E-state index in [2.05, 4.69) is 6.92 Å². The summed E-state index contributed by atoms with van der Waals surface area (Å²) in [6.45, 7) is 9.09. The molecule has 0 aromatic heterocycles. The second-order valence-corrected chi connectivity index (χ2v) is 6.65. The molecule has 0 radical (unpaired) electrons. The molecule has 0 bridgehead atoms. The molecule has 0 heterocycles. The van der Waals surface area contributed by atoms with Gasteiger partial charge in [0.1, 0.15) is 38.4 Å². The molecule has 9 nitrogen and oxygen atoms in total. The Kier molecular flexibility index (Phi) is 21.1. The van der Waals surface area contributed by atoms with Crippen molar-refractivity contribution in [2.45, 2.75) is 33.0 Å². The van der Waals surface area contributed by atoms with Gasteiger partial charge in [0.05, 0.1) is 33.9 Å². The fourth-order valence-electron chi connectivity index (χ4n) is 2.38. The number of nitrogens with zero attached hydrogens (tertiary/aromatic N) is 2. The minimum Gasteiger partial charge on any atom is -0.870 e. The van der Waals surface area contributed by atoms with Gasteiger partial charge >= 0.3 is 0 Å². The summed E-state index contributed by atoms with van der Waals surface area (Å²) in [5.41, 5.74) is 0. The van der Waals surface area contributed by atoms with Crippen molar-refractivity contribution in [3.8, 4) is 0 Å². The Labute approximate surface area is 146 Å². The fourth-order valence-corrected chi connectivity index (χ4v) is 2.38. The minimum absolute atomic E-state index is 0. The molecule has 0 aliphatic rings. The van der Waals surface area contributed by atoms with Gasteiger partial charge in [0.15, 0.2) is 6.73 Å². The van der Waals surface area contributed by atoms with E-state index in [1.165, 1.54) is 0 Å². The zero-order valence-corrected chi connectivity index (χ0v) is 15.8. The number of hydrogen-bond donors (Lipinski definition) is 5. The molecular formula is C15H40N2O7. The standard InChI is InChI=1S/C8H20NO3.C7H18NO2.2H2O/c1-7(11)4-9(3,6-10)5-8(2)12;1-3-8(2,4-6-9)5-7-10;;/h7-8,10-12H,4-6H2,1-3H3;9-10H,3-7H2,1-2H3;2*1H2/q2*+1;;/p-2. The van der Waals surface area contributed by atoms with Gasteiger partial charge < -0.3 is 41.0 Å². The zero-order valence-electron chi connectivity index (χ0n) is 15.8. The predicted molar refractivity (Wildman–Crippen MR) is 90.9 cm³/mol. The molecule has 9 heteroatoms. The van der Waals surface area contributed by atoms with E-state index in [0.29, 0.717) is 13.1 Å². The maximum Gasteiger partial charge on any atom is 0.180 e. The van der Waals surface area contributed by atoms with Crippen LogP contribution in [-0.2, 0) is 0 Å². The molecule has 0 spiro atoms. The van der Waals surface area contributed by atoms with Crippen molar-refractivity contribution in [3.05, 3.63) is 0 Å². The number of aliphatic hydroxyl groups excluding tert-OH is 5. The Morgan fingerprint density at radius 3 is 1.25 bits per heavy atom. The molecule has 0 aliphatic heterocycles. The van der Waals surface area contributed by atoms with Crippen LogP contribution in [0.2, 0.25) is 0 Å². The molecule has 2 atom stereocenters. The number of quaternary nitrogens is 2. The van der Waals surface area contributed by atoms with Gasteiger partial charge in [-0.25, -0.2) is 0 Å². The van der Waals surface area contributed by atoms with Crippen LogP contribution in [0.1, 0.15) is 20.8 Å². The lowest BCUT2D eigenvalue weighted by atomic mass is 10.3. The third-order valence-electron chi connectivity index (χ3n) is 3.79. The Morgan fingerprint density at radius 2 is 1.08 bits per heavy atom. The highest BCUT2D eigenvalue weighted by molar-refractivity contribution is 4.48. The van der Waals surface area contributed by atoms with E-state index >= 15 is 0 Å². The molecule has 0 saturated heterocycles. The number of rotatable bonds is 10. The van der Waals surface area contributed by atoms with E-state index < -0.39 is 12.2 Å². The SMILES string of the molecule is CC(O)C[N+](C)(CO)CC(C)O.CC[N+](C)(CCO)CCO.[OH-].[OH-]. The van der Waals surface area contributed by atoms with Crippen LogP contribution in [0.5, 0.6) is 0 Å². The monoisotopic (exact) mass is 360 g/mol. The van der Waals surface area contributed by atoms with Gasteiger partial charge in [-0.05, 0) is 20.8 Å². The first kappa shape index (κ1) is 31.4. The van der Waals surface area contributed by atoms with E-state index in [-0.39, 0.29) is 35.4 Å². The van der Waals surface area contributed by atoms with Crippen molar-refractivity contribution in [1.82, 2.24) is 0 Å². The van der Waals surface area contributed by atoms with Crippen molar-refractivity contribution in [1.29, 1.82) is 0 Å². The van der Waals surface area contributed by atoms with Crippen LogP contribution >= 0.6 is 0 Å². The molecule has 7 N–H and O–H groups in total. The highest BCUT2D eigenvalue weighted by Gasteiger charge is 2.24. The molecule has 0 aromatic carbocycles. The van der Waals surface area contributed by atoms with Crippen LogP contribution in [0.25, 0.3) is 0 Å². The summed E-state index contributed by atoms with van der Waals surface area (Å²) in [4.78, 5) is 0. The molecule has 2 unspecified atom stereocenters. The van der Waals surface area contributed by atoms with Gasteiger partial charge in [0.25, 0.3) is 0 Å². The molecule has 24 heavy (non-hydrogen) atoms. The van der Waals surface area contributed by atoms with Crippen LogP contribution < -0.4 is 0 Å². The quantitative estimate of drug-likeness (QED) is 0.227. The van der Waals surface area contributed by atoms with Crippen molar-refractivity contribution in [2.75, 3.05) is 66.8 Å². The van der Waals surface area contributed by atoms with Crippen LogP contribution in [0, 0.1) is 0 Å². The van der Waals surface area contributed by atoms with Crippen LogP contribution in [-0.4, -0.2) is 124 Å². The highest BCUT2D eigenvalue weighted by Crippen LogP contribution is 2.04. The summed E-state index contributed by atoms with van der Waals surface area (Å²) >= 11 is 0. The minimum atomic E-state index is -0.458. The van der Waals surface area contributed by atoms with E-state index in [9.17, 15) is 0 Å². The molecule has 152 valence electrons. The predicted octanol–water partition coefficient (Wildman–Crippen LogP) is -1.77. The Bertz CT molecular complexity index is 250. The number of hydrogen-bond acceptors (Lipinski definition) is 7. The van der Waals surface area contributed by atoms with E-state index in [1.54, 1.807) is 20.9 Å². The lowest BCUT2D eigenvalue weighted by Crippen LogP contribution is -2.52. The van der Waals surface area contributed by atoms with E-state index in [4.69, 9.17) is 25.5 Å². The fraction of sp³-hybridized carbons (Fsp3) is 1.00. The summed E-state index contributed by atoms with van der Waals surface area (Å²) in [6, 6.07) is 0. The van der Waals surface area contributed by atoms with Crippen molar-refractivity contribution >= 4 is 0 Å². The zero-order chi connectivity index (χ0) is 17.8. The maximum absolute atomic E-state index is 9.12. The van der Waals surface area contributed by atoms with Crippen LogP contribution in [0.15, 0.2) is 0 Å². The number of likely N-dealkylation sites (N-methyl/N-ethyl adjacent to an activating group) is 2. The average molecular weight is 360 g/mol. The summed E-state index contributed by atoms with van der Waals surface area (Å²) in [5.74, 6) is 0. The first-order valence-electron chi connectivity index (χ1n) is 7.94. The lowest BCUT2D eigenvalue weighted by molar-refractivity contribution is -0.932. The average Bonchev–Trinajstić information content (AvgIpc) is 2.38. The van der Waals surface area contributed by atoms with Crippen molar-refractivity contribution < 1.29 is 45.5 Å². The number of aliphatic hydroxyl groups is 5. The molecule has 0 amide bonds. The van der Waals surface area contributed by atoms with Gasteiger partial charge in [-0.2, -0.15) is 0 Å². The third-order valence-corrected chi connectivity index (χ3v) is 3.79. The second kappa shape index (κ2) is 16.1. The van der Waals surface area contributed by atoms with Gasteiger partial charge in [-0.1, -0.05) is 0 Å². The molecule has 0 saturated carbocycles. The topological polar surface area (TPSA) is 161 Å². The second-order valence-electron chi connectivity index (χ2n) is 6.65. The molecule has 0 rings (SSSR count). The van der Waals surface area contributed by atoms with Gasteiger partial charge in [-0.3, -0.25) is 4.48 Å². The smallest absolute Gasteiger partial charge is 0.180 e. The normalized spacial score (nSPS) is 15.8. The molecular weight excluding hydrogens is 320 g/mol.